The molecule has 0 radical (unpaired) electrons. The van der Waals surface area contributed by atoms with Crippen molar-refractivity contribution >= 4 is 22.6 Å². The second-order valence-corrected chi connectivity index (χ2v) is 9.12. The van der Waals surface area contributed by atoms with Gasteiger partial charge in [0.2, 0.25) is 0 Å². The van der Waals surface area contributed by atoms with Crippen LogP contribution in [0.1, 0.15) is 57.4 Å². The molecule has 2 heterocycles. The van der Waals surface area contributed by atoms with E-state index in [0.29, 0.717) is 29.4 Å². The van der Waals surface area contributed by atoms with Crippen LogP contribution in [0.15, 0.2) is 34.6 Å². The molecule has 1 aliphatic carbocycles. The highest BCUT2D eigenvalue weighted by molar-refractivity contribution is 6.04. The number of para-hydroxylation sites is 1. The first-order chi connectivity index (χ1) is 12.8. The van der Waals surface area contributed by atoms with Crippen molar-refractivity contribution < 1.29 is 9.53 Å². The average Bonchev–Trinajstić information content (AvgIpc) is 3.06. The molecule has 0 unspecified atom stereocenters. The van der Waals surface area contributed by atoms with Crippen LogP contribution in [0.5, 0.6) is 0 Å². The van der Waals surface area contributed by atoms with Gasteiger partial charge in [0.05, 0.1) is 6.61 Å². The number of nitrogens with one attached hydrogen (secondary N) is 1. The van der Waals surface area contributed by atoms with E-state index < -0.39 is 5.97 Å². The number of benzene rings is 1. The van der Waals surface area contributed by atoms with Crippen molar-refractivity contribution in [3.63, 3.8) is 0 Å². The third-order valence-electron chi connectivity index (χ3n) is 5.81. The van der Waals surface area contributed by atoms with Gasteiger partial charge in [-0.15, -0.1) is 5.11 Å². The molecule has 6 heteroatoms. The second kappa shape index (κ2) is 6.36. The summed E-state index contributed by atoms with van der Waals surface area (Å²) < 4.78 is 5.20. The quantitative estimate of drug-likeness (QED) is 0.592. The van der Waals surface area contributed by atoms with Gasteiger partial charge in [-0.2, -0.15) is 0 Å². The molecular weight excluding hydrogens is 340 g/mol. The van der Waals surface area contributed by atoms with Crippen LogP contribution in [0.2, 0.25) is 0 Å². The van der Waals surface area contributed by atoms with Gasteiger partial charge in [0, 0.05) is 23.5 Å². The molecule has 1 saturated carbocycles. The maximum Gasteiger partial charge on any atom is 0.357 e. The number of carbonyl (C=O) groups excluding carboxylic acids is 1. The smallest absolute Gasteiger partial charge is 0.357 e. The summed E-state index contributed by atoms with van der Waals surface area (Å²) in [5, 5.41) is 12.2. The van der Waals surface area contributed by atoms with Gasteiger partial charge in [0.1, 0.15) is 5.69 Å². The number of ether oxygens (including phenoxy) is 1. The van der Waals surface area contributed by atoms with Crippen LogP contribution in [-0.4, -0.2) is 35.2 Å². The molecule has 1 aromatic carbocycles. The SMILES string of the molecule is CCOC(=O)c1[nH]c2ccccc2c1N=NN1C[C@@]2(C)C[C@H]1CC(C)(C)C2. The third-order valence-corrected chi connectivity index (χ3v) is 5.81. The van der Waals surface area contributed by atoms with E-state index in [2.05, 4.69) is 41.1 Å². The Bertz CT molecular complexity index is 901. The Hall–Kier alpha value is -2.37. The molecule has 0 amide bonds. The largest absolute Gasteiger partial charge is 0.461 e. The van der Waals surface area contributed by atoms with Gasteiger partial charge in [0.25, 0.3) is 0 Å². The maximum atomic E-state index is 12.4. The van der Waals surface area contributed by atoms with Crippen molar-refractivity contribution in [3.05, 3.63) is 30.0 Å². The number of fused-ring (bicyclic) bond motifs is 3. The zero-order valence-electron chi connectivity index (χ0n) is 16.6. The molecule has 1 aliphatic heterocycles. The highest BCUT2D eigenvalue weighted by Gasteiger charge is 2.49. The van der Waals surface area contributed by atoms with Crippen molar-refractivity contribution in [2.24, 2.45) is 21.2 Å². The Morgan fingerprint density at radius 2 is 2.07 bits per heavy atom. The first-order valence-electron chi connectivity index (χ1n) is 9.76. The summed E-state index contributed by atoms with van der Waals surface area (Å²) in [6, 6.07) is 8.18. The van der Waals surface area contributed by atoms with Crippen LogP contribution in [0.25, 0.3) is 10.9 Å². The fourth-order valence-corrected chi connectivity index (χ4v) is 5.22. The van der Waals surface area contributed by atoms with Gasteiger partial charge < -0.3 is 9.72 Å². The lowest BCUT2D eigenvalue weighted by molar-refractivity contribution is 0.0521. The van der Waals surface area contributed by atoms with E-state index in [9.17, 15) is 4.79 Å². The molecule has 1 N–H and O–H groups in total. The van der Waals surface area contributed by atoms with Crippen molar-refractivity contribution in [1.82, 2.24) is 9.99 Å². The van der Waals surface area contributed by atoms with Gasteiger partial charge in [-0.25, -0.2) is 4.79 Å². The predicted molar refractivity (Wildman–Crippen MR) is 105 cm³/mol. The number of aromatic nitrogens is 1. The van der Waals surface area contributed by atoms with E-state index in [0.717, 1.165) is 30.3 Å². The molecule has 0 spiro atoms. The summed E-state index contributed by atoms with van der Waals surface area (Å²) in [5.74, 6) is -0.393. The minimum atomic E-state index is -0.393. The Morgan fingerprint density at radius 3 is 2.85 bits per heavy atom. The van der Waals surface area contributed by atoms with E-state index in [1.807, 2.05) is 24.3 Å². The second-order valence-electron chi connectivity index (χ2n) is 9.12. The van der Waals surface area contributed by atoms with Crippen LogP contribution in [0.3, 0.4) is 0 Å². The number of aromatic amines is 1. The van der Waals surface area contributed by atoms with Gasteiger partial charge in [-0.05, 0) is 43.1 Å². The Balaban J connectivity index is 1.67. The molecule has 2 fully saturated rings. The van der Waals surface area contributed by atoms with Crippen LogP contribution in [0, 0.1) is 10.8 Å². The number of rotatable bonds is 4. The summed E-state index contributed by atoms with van der Waals surface area (Å²) in [5.41, 5.74) is 2.42. The van der Waals surface area contributed by atoms with Gasteiger partial charge in [-0.3, -0.25) is 5.01 Å². The van der Waals surface area contributed by atoms with Crippen molar-refractivity contribution in [1.29, 1.82) is 0 Å². The highest BCUT2D eigenvalue weighted by Crippen LogP contribution is 2.52. The summed E-state index contributed by atoms with van der Waals surface area (Å²) in [6.45, 7) is 10.1. The molecule has 2 atom stereocenters. The molecular formula is C21H28N4O2. The van der Waals surface area contributed by atoms with Gasteiger partial charge in [0.15, 0.2) is 5.69 Å². The zero-order valence-corrected chi connectivity index (χ0v) is 16.6. The van der Waals surface area contributed by atoms with E-state index in [4.69, 9.17) is 4.74 Å². The molecule has 4 rings (SSSR count). The maximum absolute atomic E-state index is 12.4. The average molecular weight is 368 g/mol. The standard InChI is InChI=1S/C21H28N4O2/c1-5-27-19(26)18-17(15-8-6-7-9-16(15)22-18)23-24-25-13-21(4)11-14(25)10-20(2,3)12-21/h6-9,14,22H,5,10-13H2,1-4H3/t14-,21+/m1/s1. The normalized spacial score (nSPS) is 26.8. The molecule has 2 bridgehead atoms. The minimum absolute atomic E-state index is 0.287. The zero-order chi connectivity index (χ0) is 19.2. The Morgan fingerprint density at radius 1 is 1.30 bits per heavy atom. The predicted octanol–water partition coefficient (Wildman–Crippen LogP) is 5.24. The molecule has 27 heavy (non-hydrogen) atoms. The summed E-state index contributed by atoms with van der Waals surface area (Å²) in [4.78, 5) is 15.5. The molecule has 1 saturated heterocycles. The van der Waals surface area contributed by atoms with E-state index in [-0.39, 0.29) is 5.41 Å². The molecule has 2 aliphatic rings. The summed E-state index contributed by atoms with van der Waals surface area (Å²) in [6.07, 6.45) is 3.50. The van der Waals surface area contributed by atoms with Crippen molar-refractivity contribution in [2.75, 3.05) is 13.2 Å². The Kier molecular flexibility index (Phi) is 4.24. The monoisotopic (exact) mass is 368 g/mol. The van der Waals surface area contributed by atoms with Gasteiger partial charge in [-0.1, -0.05) is 44.2 Å². The molecule has 6 nitrogen and oxygen atoms in total. The van der Waals surface area contributed by atoms with Crippen LogP contribution >= 0.6 is 0 Å². The molecule has 144 valence electrons. The van der Waals surface area contributed by atoms with Gasteiger partial charge >= 0.3 is 5.97 Å². The fraction of sp³-hybridized carbons (Fsp3) is 0.571. The summed E-state index contributed by atoms with van der Waals surface area (Å²) in [7, 11) is 0. The molecule has 1 aromatic heterocycles. The third kappa shape index (κ3) is 3.33. The van der Waals surface area contributed by atoms with Crippen molar-refractivity contribution in [3.8, 4) is 0 Å². The summed E-state index contributed by atoms with van der Waals surface area (Å²) >= 11 is 0. The first kappa shape index (κ1) is 18.0. The lowest BCUT2D eigenvalue weighted by Crippen LogP contribution is -2.33. The topological polar surface area (TPSA) is 70.0 Å². The van der Waals surface area contributed by atoms with E-state index >= 15 is 0 Å². The minimum Gasteiger partial charge on any atom is -0.461 e. The van der Waals surface area contributed by atoms with Crippen LogP contribution in [-0.2, 0) is 4.74 Å². The number of nitrogens with zero attached hydrogens (tertiary/aromatic N) is 3. The van der Waals surface area contributed by atoms with Crippen molar-refractivity contribution in [2.45, 2.75) is 53.0 Å². The number of hydrogen-bond donors (Lipinski definition) is 1. The van der Waals surface area contributed by atoms with E-state index in [1.54, 1.807) is 6.92 Å². The highest BCUT2D eigenvalue weighted by atomic mass is 16.5. The first-order valence-corrected chi connectivity index (χ1v) is 9.76. The number of carbonyl (C=O) groups is 1. The van der Waals surface area contributed by atoms with E-state index in [1.165, 1.54) is 6.42 Å². The lowest BCUT2D eigenvalue weighted by Gasteiger charge is -2.39. The molecule has 2 aromatic rings. The van der Waals surface area contributed by atoms with Crippen LogP contribution in [0.4, 0.5) is 5.69 Å². The number of H-pyrrole nitrogens is 1. The lowest BCUT2D eigenvalue weighted by atomic mass is 9.65. The number of hydrogen-bond acceptors (Lipinski definition) is 4. The Labute approximate surface area is 160 Å². The number of esters is 1. The van der Waals surface area contributed by atoms with Crippen LogP contribution < -0.4 is 0 Å². The fourth-order valence-electron chi connectivity index (χ4n) is 5.22.